The Labute approximate surface area is 148 Å². The number of hydrogen-bond donors (Lipinski definition) is 0. The standard InChI is InChI=1S/C18H18BrNO4/c19-15-10-9-14(23-15)18(22)24-16(13-7-3-1-4-8-13)17(21)20-11-5-2-6-12-20/h1,3-4,7-10,16H,2,5-6,11-12H2. The first-order chi connectivity index (χ1) is 11.6. The maximum atomic E-state index is 12.9. The molecule has 6 heteroatoms. The van der Waals surface area contributed by atoms with Gasteiger partial charge in [0.15, 0.2) is 4.67 Å². The number of benzene rings is 1. The topological polar surface area (TPSA) is 59.8 Å². The van der Waals surface area contributed by atoms with Crippen molar-refractivity contribution in [2.75, 3.05) is 13.1 Å². The largest absolute Gasteiger partial charge is 0.442 e. The minimum absolute atomic E-state index is 0.0641. The van der Waals surface area contributed by atoms with Crippen molar-refractivity contribution >= 4 is 27.8 Å². The molecule has 1 amide bonds. The van der Waals surface area contributed by atoms with Crippen LogP contribution >= 0.6 is 15.9 Å². The lowest BCUT2D eigenvalue weighted by Crippen LogP contribution is -2.40. The summed E-state index contributed by atoms with van der Waals surface area (Å²) in [7, 11) is 0. The fourth-order valence-electron chi connectivity index (χ4n) is 2.76. The van der Waals surface area contributed by atoms with Gasteiger partial charge < -0.3 is 14.1 Å². The third-order valence-electron chi connectivity index (χ3n) is 3.99. The number of carbonyl (C=O) groups excluding carboxylic acids is 2. The zero-order valence-corrected chi connectivity index (χ0v) is 14.7. The van der Waals surface area contributed by atoms with E-state index < -0.39 is 12.1 Å². The van der Waals surface area contributed by atoms with Crippen molar-refractivity contribution in [3.63, 3.8) is 0 Å². The molecule has 1 fully saturated rings. The van der Waals surface area contributed by atoms with Gasteiger partial charge in [0.1, 0.15) is 0 Å². The maximum Gasteiger partial charge on any atom is 0.375 e. The Morgan fingerprint density at radius 3 is 2.38 bits per heavy atom. The van der Waals surface area contributed by atoms with Crippen LogP contribution in [0.1, 0.15) is 41.5 Å². The van der Waals surface area contributed by atoms with E-state index in [1.54, 1.807) is 23.1 Å². The van der Waals surface area contributed by atoms with Crippen molar-refractivity contribution in [1.82, 2.24) is 4.90 Å². The third kappa shape index (κ3) is 3.87. The smallest absolute Gasteiger partial charge is 0.375 e. The van der Waals surface area contributed by atoms with Gasteiger partial charge in [0.25, 0.3) is 5.91 Å². The lowest BCUT2D eigenvalue weighted by molar-refractivity contribution is -0.142. The first kappa shape index (κ1) is 16.8. The van der Waals surface area contributed by atoms with Crippen LogP contribution in [0.15, 0.2) is 51.6 Å². The van der Waals surface area contributed by atoms with Gasteiger partial charge in [-0.3, -0.25) is 4.79 Å². The van der Waals surface area contributed by atoms with Crippen LogP contribution in [0, 0.1) is 0 Å². The van der Waals surface area contributed by atoms with Gasteiger partial charge in [0, 0.05) is 18.7 Å². The third-order valence-corrected chi connectivity index (χ3v) is 4.42. The molecule has 0 radical (unpaired) electrons. The summed E-state index contributed by atoms with van der Waals surface area (Å²) >= 11 is 3.15. The average molecular weight is 392 g/mol. The van der Waals surface area contributed by atoms with E-state index in [-0.39, 0.29) is 11.7 Å². The Kier molecular flexibility index (Phi) is 5.35. The number of nitrogens with zero attached hydrogens (tertiary/aromatic N) is 1. The van der Waals surface area contributed by atoms with Crippen molar-refractivity contribution < 1.29 is 18.7 Å². The van der Waals surface area contributed by atoms with E-state index in [4.69, 9.17) is 9.15 Å². The molecule has 1 saturated heterocycles. The number of esters is 1. The van der Waals surface area contributed by atoms with Crippen LogP contribution < -0.4 is 0 Å². The number of ether oxygens (including phenoxy) is 1. The molecule has 1 aromatic carbocycles. The quantitative estimate of drug-likeness (QED) is 0.740. The molecule has 3 rings (SSSR count). The number of piperidine rings is 1. The molecule has 0 spiro atoms. The van der Waals surface area contributed by atoms with E-state index in [1.165, 1.54) is 6.07 Å². The van der Waals surface area contributed by atoms with Crippen molar-refractivity contribution in [1.29, 1.82) is 0 Å². The van der Waals surface area contributed by atoms with Gasteiger partial charge in [-0.25, -0.2) is 4.79 Å². The highest BCUT2D eigenvalue weighted by molar-refractivity contribution is 9.10. The number of furan rings is 1. The van der Waals surface area contributed by atoms with Gasteiger partial charge in [-0.15, -0.1) is 0 Å². The molecule has 0 aliphatic carbocycles. The minimum atomic E-state index is -0.958. The zero-order valence-electron chi connectivity index (χ0n) is 13.1. The van der Waals surface area contributed by atoms with Gasteiger partial charge in [0.05, 0.1) is 0 Å². The summed E-state index contributed by atoms with van der Waals surface area (Å²) < 4.78 is 11.2. The summed E-state index contributed by atoms with van der Waals surface area (Å²) in [5.74, 6) is -0.769. The molecule has 0 saturated carbocycles. The predicted octanol–water partition coefficient (Wildman–Crippen LogP) is 3.95. The van der Waals surface area contributed by atoms with E-state index >= 15 is 0 Å². The monoisotopic (exact) mass is 391 g/mol. The fourth-order valence-corrected chi connectivity index (χ4v) is 3.06. The van der Waals surface area contributed by atoms with Crippen LogP contribution in [0.2, 0.25) is 0 Å². The first-order valence-electron chi connectivity index (χ1n) is 7.95. The van der Waals surface area contributed by atoms with E-state index in [0.717, 1.165) is 19.3 Å². The van der Waals surface area contributed by atoms with Crippen molar-refractivity contribution in [2.24, 2.45) is 0 Å². The summed E-state index contributed by atoms with van der Waals surface area (Å²) in [6, 6.07) is 12.2. The van der Waals surface area contributed by atoms with Gasteiger partial charge in [-0.2, -0.15) is 0 Å². The van der Waals surface area contributed by atoms with Crippen LogP contribution in [-0.4, -0.2) is 29.9 Å². The van der Waals surface area contributed by atoms with E-state index in [1.807, 2.05) is 18.2 Å². The van der Waals surface area contributed by atoms with Gasteiger partial charge in [-0.1, -0.05) is 30.3 Å². The molecule has 1 aromatic heterocycles. The van der Waals surface area contributed by atoms with Crippen LogP contribution in [0.5, 0.6) is 0 Å². The Balaban J connectivity index is 1.82. The second kappa shape index (κ2) is 7.66. The average Bonchev–Trinajstić information content (AvgIpc) is 3.07. The highest BCUT2D eigenvalue weighted by atomic mass is 79.9. The van der Waals surface area contributed by atoms with Crippen molar-refractivity contribution in [2.45, 2.75) is 25.4 Å². The SMILES string of the molecule is O=C(OC(C(=O)N1CCCCC1)c1ccccc1)c1ccc(Br)o1. The number of carbonyl (C=O) groups is 2. The van der Waals surface area contributed by atoms with Crippen LogP contribution in [0.3, 0.4) is 0 Å². The molecule has 24 heavy (non-hydrogen) atoms. The molecule has 0 N–H and O–H groups in total. The molecule has 1 atom stereocenters. The Bertz CT molecular complexity index is 707. The Hall–Kier alpha value is -2.08. The Morgan fingerprint density at radius 1 is 1.04 bits per heavy atom. The fraction of sp³-hybridized carbons (Fsp3) is 0.333. The lowest BCUT2D eigenvalue weighted by Gasteiger charge is -2.30. The molecule has 2 heterocycles. The maximum absolute atomic E-state index is 12.9. The van der Waals surface area contributed by atoms with Crippen LogP contribution in [0.4, 0.5) is 0 Å². The molecular formula is C18H18BrNO4. The zero-order chi connectivity index (χ0) is 16.9. The number of rotatable bonds is 4. The summed E-state index contributed by atoms with van der Waals surface area (Å²) in [6.45, 7) is 1.40. The second-order valence-corrected chi connectivity index (χ2v) is 6.47. The minimum Gasteiger partial charge on any atom is -0.442 e. The number of hydrogen-bond acceptors (Lipinski definition) is 4. The molecule has 2 aromatic rings. The van der Waals surface area contributed by atoms with Crippen molar-refractivity contribution in [3.8, 4) is 0 Å². The first-order valence-corrected chi connectivity index (χ1v) is 8.74. The van der Waals surface area contributed by atoms with E-state index in [9.17, 15) is 9.59 Å². The highest BCUT2D eigenvalue weighted by Crippen LogP contribution is 2.25. The van der Waals surface area contributed by atoms with Gasteiger partial charge in [0.2, 0.25) is 11.9 Å². The van der Waals surface area contributed by atoms with Gasteiger partial charge in [-0.05, 0) is 47.3 Å². The highest BCUT2D eigenvalue weighted by Gasteiger charge is 2.31. The van der Waals surface area contributed by atoms with Gasteiger partial charge >= 0.3 is 5.97 Å². The normalized spacial score (nSPS) is 15.8. The van der Waals surface area contributed by atoms with Crippen LogP contribution in [0.25, 0.3) is 0 Å². The number of likely N-dealkylation sites (tertiary alicyclic amines) is 1. The van der Waals surface area contributed by atoms with E-state index in [0.29, 0.717) is 23.3 Å². The van der Waals surface area contributed by atoms with E-state index in [2.05, 4.69) is 15.9 Å². The molecular weight excluding hydrogens is 374 g/mol. The number of halogens is 1. The second-order valence-electron chi connectivity index (χ2n) is 5.69. The summed E-state index contributed by atoms with van der Waals surface area (Å²) in [4.78, 5) is 27.0. The van der Waals surface area contributed by atoms with Crippen LogP contribution in [-0.2, 0) is 9.53 Å². The lowest BCUT2D eigenvalue weighted by atomic mass is 10.1. The molecule has 0 bridgehead atoms. The predicted molar refractivity (Wildman–Crippen MR) is 91.4 cm³/mol. The molecule has 1 aliphatic rings. The Morgan fingerprint density at radius 2 is 1.75 bits per heavy atom. The molecule has 126 valence electrons. The summed E-state index contributed by atoms with van der Waals surface area (Å²) in [5, 5.41) is 0. The number of amides is 1. The molecule has 5 nitrogen and oxygen atoms in total. The summed E-state index contributed by atoms with van der Waals surface area (Å²) in [6.07, 6.45) is 2.12. The molecule has 1 unspecified atom stereocenters. The summed E-state index contributed by atoms with van der Waals surface area (Å²) in [5.41, 5.74) is 0.659. The van der Waals surface area contributed by atoms with Crippen molar-refractivity contribution in [3.05, 3.63) is 58.5 Å². The molecule has 1 aliphatic heterocycles.